The molecule has 1 rings (SSSR count). The Morgan fingerprint density at radius 1 is 1.36 bits per heavy atom. The Morgan fingerprint density at radius 3 is 2.64 bits per heavy atom. The maximum absolute atomic E-state index is 11.8. The molecule has 0 aromatic heterocycles. The number of nitrogens with one attached hydrogen (secondary N) is 3. The van der Waals surface area contributed by atoms with Gasteiger partial charge in [0.15, 0.2) is 0 Å². The molecule has 3 amide bonds. The topological polar surface area (TPSA) is 113 Å². The minimum absolute atomic E-state index is 0.0773. The van der Waals surface area contributed by atoms with Crippen LogP contribution < -0.4 is 16.0 Å². The summed E-state index contributed by atoms with van der Waals surface area (Å²) in [7, 11) is 0. The first-order valence-corrected chi connectivity index (χ1v) is 6.95. The van der Waals surface area contributed by atoms with Gasteiger partial charge in [0, 0.05) is 23.9 Å². The highest BCUT2D eigenvalue weighted by Crippen LogP contribution is 2.22. The van der Waals surface area contributed by atoms with Gasteiger partial charge in [-0.25, -0.2) is 4.79 Å². The molecule has 120 valence electrons. The van der Waals surface area contributed by atoms with Crippen molar-refractivity contribution in [1.29, 1.82) is 0 Å². The van der Waals surface area contributed by atoms with Crippen LogP contribution in [0.15, 0.2) is 18.2 Å². The van der Waals surface area contributed by atoms with Crippen molar-refractivity contribution in [2.45, 2.75) is 33.2 Å². The summed E-state index contributed by atoms with van der Waals surface area (Å²) in [6.07, 6.45) is 0.803. The van der Waals surface area contributed by atoms with Crippen molar-refractivity contribution < 1.29 is 14.5 Å². The summed E-state index contributed by atoms with van der Waals surface area (Å²) in [6.45, 7) is 5.64. The molecule has 0 spiro atoms. The van der Waals surface area contributed by atoms with Crippen molar-refractivity contribution in [3.8, 4) is 0 Å². The molecule has 3 N–H and O–H groups in total. The number of hydrogen-bond donors (Lipinski definition) is 3. The quantitative estimate of drug-likeness (QED) is 0.550. The number of carbonyl (C=O) groups excluding carboxylic acids is 2. The summed E-state index contributed by atoms with van der Waals surface area (Å²) >= 11 is 0. The summed E-state index contributed by atoms with van der Waals surface area (Å²) in [5.74, 6) is -0.285. The van der Waals surface area contributed by atoms with E-state index in [2.05, 4.69) is 16.0 Å². The summed E-state index contributed by atoms with van der Waals surface area (Å²) in [6, 6.07) is 3.08. The number of hydrogen-bond acceptors (Lipinski definition) is 4. The van der Waals surface area contributed by atoms with Crippen molar-refractivity contribution in [1.82, 2.24) is 10.6 Å². The molecule has 1 aromatic rings. The van der Waals surface area contributed by atoms with E-state index in [9.17, 15) is 19.7 Å². The van der Waals surface area contributed by atoms with Gasteiger partial charge in [0.1, 0.15) is 6.04 Å². The third-order valence-corrected chi connectivity index (χ3v) is 2.95. The molecule has 0 saturated heterocycles. The lowest BCUT2D eigenvalue weighted by molar-refractivity contribution is -0.385. The number of nitro groups is 1. The van der Waals surface area contributed by atoms with Crippen molar-refractivity contribution in [2.75, 3.05) is 11.9 Å². The Kier molecular flexibility index (Phi) is 6.30. The molecule has 0 radical (unpaired) electrons. The number of anilines is 1. The Labute approximate surface area is 128 Å². The van der Waals surface area contributed by atoms with Crippen LogP contribution in [0.3, 0.4) is 0 Å². The van der Waals surface area contributed by atoms with Gasteiger partial charge in [-0.3, -0.25) is 14.9 Å². The van der Waals surface area contributed by atoms with E-state index in [1.807, 2.05) is 6.92 Å². The fourth-order valence-electron chi connectivity index (χ4n) is 1.71. The van der Waals surface area contributed by atoms with Crippen molar-refractivity contribution in [2.24, 2.45) is 0 Å². The molecule has 1 aromatic carbocycles. The number of urea groups is 1. The first-order chi connectivity index (χ1) is 10.3. The van der Waals surface area contributed by atoms with Gasteiger partial charge in [0.25, 0.3) is 5.69 Å². The van der Waals surface area contributed by atoms with Gasteiger partial charge in [-0.1, -0.05) is 13.0 Å². The molecule has 0 unspecified atom stereocenters. The summed E-state index contributed by atoms with van der Waals surface area (Å²) in [4.78, 5) is 33.8. The first kappa shape index (κ1) is 17.4. The van der Waals surface area contributed by atoms with Crippen molar-refractivity contribution in [3.63, 3.8) is 0 Å². The molecule has 0 fully saturated rings. The molecule has 0 heterocycles. The zero-order valence-electron chi connectivity index (χ0n) is 12.8. The monoisotopic (exact) mass is 308 g/mol. The first-order valence-electron chi connectivity index (χ1n) is 6.95. The molecule has 22 heavy (non-hydrogen) atoms. The van der Waals surface area contributed by atoms with Gasteiger partial charge >= 0.3 is 6.03 Å². The molecule has 0 saturated carbocycles. The number of benzene rings is 1. The lowest BCUT2D eigenvalue weighted by atomic mass is 10.2. The maximum Gasteiger partial charge on any atom is 0.319 e. The van der Waals surface area contributed by atoms with Gasteiger partial charge in [-0.2, -0.15) is 0 Å². The molecule has 1 atom stereocenters. The van der Waals surface area contributed by atoms with Crippen LogP contribution in [-0.2, 0) is 4.79 Å². The van der Waals surface area contributed by atoms with Gasteiger partial charge in [0.2, 0.25) is 5.91 Å². The van der Waals surface area contributed by atoms with Crippen LogP contribution in [-0.4, -0.2) is 29.4 Å². The lowest BCUT2D eigenvalue weighted by Crippen LogP contribution is -2.46. The molecular weight excluding hydrogens is 288 g/mol. The summed E-state index contributed by atoms with van der Waals surface area (Å²) in [5, 5.41) is 18.5. The zero-order chi connectivity index (χ0) is 16.7. The molecule has 0 aliphatic carbocycles. The average molecular weight is 308 g/mol. The van der Waals surface area contributed by atoms with Gasteiger partial charge in [-0.15, -0.1) is 0 Å². The Balaban J connectivity index is 2.63. The molecule has 8 nitrogen and oxygen atoms in total. The average Bonchev–Trinajstić information content (AvgIpc) is 2.46. The number of nitrogens with zero attached hydrogens (tertiary/aromatic N) is 1. The lowest BCUT2D eigenvalue weighted by Gasteiger charge is -2.14. The fraction of sp³-hybridized carbons (Fsp3) is 0.429. The molecule has 0 aliphatic rings. The Hall–Kier alpha value is -2.64. The Morgan fingerprint density at radius 2 is 2.05 bits per heavy atom. The fourth-order valence-corrected chi connectivity index (χ4v) is 1.71. The van der Waals surface area contributed by atoms with Crippen molar-refractivity contribution >= 4 is 23.3 Å². The summed E-state index contributed by atoms with van der Waals surface area (Å²) < 4.78 is 0. The van der Waals surface area contributed by atoms with E-state index in [1.165, 1.54) is 6.07 Å². The largest absolute Gasteiger partial charge is 0.354 e. The van der Waals surface area contributed by atoms with Gasteiger partial charge in [0.05, 0.1) is 4.92 Å². The standard InChI is InChI=1S/C14H20N4O4/c1-4-7-15-13(19)10(3)16-14(20)17-11-6-5-9(2)12(8-11)18(21)22/h5-6,8,10H,4,7H2,1-3H3,(H,15,19)(H2,16,17,20)/t10-/m1/s1. The van der Waals surface area contributed by atoms with Crippen LogP contribution in [0.2, 0.25) is 0 Å². The highest BCUT2D eigenvalue weighted by molar-refractivity contribution is 5.93. The molecular formula is C14H20N4O4. The second-order valence-electron chi connectivity index (χ2n) is 4.87. The van der Waals surface area contributed by atoms with Crippen molar-refractivity contribution in [3.05, 3.63) is 33.9 Å². The van der Waals surface area contributed by atoms with E-state index in [1.54, 1.807) is 26.0 Å². The van der Waals surface area contributed by atoms with E-state index in [4.69, 9.17) is 0 Å². The highest BCUT2D eigenvalue weighted by atomic mass is 16.6. The van der Waals surface area contributed by atoms with E-state index in [-0.39, 0.29) is 17.3 Å². The predicted molar refractivity (Wildman–Crippen MR) is 82.8 cm³/mol. The third kappa shape index (κ3) is 5.04. The number of aryl methyl sites for hydroxylation is 1. The number of amides is 3. The Bertz CT molecular complexity index is 574. The minimum atomic E-state index is -0.702. The maximum atomic E-state index is 11.8. The summed E-state index contributed by atoms with van der Waals surface area (Å²) in [5.41, 5.74) is 0.714. The smallest absolute Gasteiger partial charge is 0.319 e. The van der Waals surface area contributed by atoms with Crippen LogP contribution in [0, 0.1) is 17.0 Å². The minimum Gasteiger partial charge on any atom is -0.354 e. The zero-order valence-corrected chi connectivity index (χ0v) is 12.8. The van der Waals surface area contributed by atoms with Crippen LogP contribution in [0.25, 0.3) is 0 Å². The second kappa shape index (κ2) is 7.96. The SMILES string of the molecule is CCCNC(=O)[C@@H](C)NC(=O)Nc1ccc(C)c([N+](=O)[O-])c1. The number of rotatable bonds is 6. The number of carbonyl (C=O) groups is 2. The van der Waals surface area contributed by atoms with E-state index in [0.717, 1.165) is 6.42 Å². The molecule has 0 aliphatic heterocycles. The third-order valence-electron chi connectivity index (χ3n) is 2.95. The van der Waals surface area contributed by atoms with Gasteiger partial charge in [-0.05, 0) is 26.3 Å². The van der Waals surface area contributed by atoms with Gasteiger partial charge < -0.3 is 16.0 Å². The van der Waals surface area contributed by atoms with Crippen LogP contribution in [0.1, 0.15) is 25.8 Å². The van der Waals surface area contributed by atoms with Crippen LogP contribution >= 0.6 is 0 Å². The van der Waals surface area contributed by atoms with E-state index < -0.39 is 17.0 Å². The predicted octanol–water partition coefficient (Wildman–Crippen LogP) is 1.94. The molecule has 8 heteroatoms. The molecule has 0 bridgehead atoms. The van der Waals surface area contributed by atoms with E-state index >= 15 is 0 Å². The number of nitro benzene ring substituents is 1. The second-order valence-corrected chi connectivity index (χ2v) is 4.87. The van der Waals surface area contributed by atoms with Crippen LogP contribution in [0.4, 0.5) is 16.2 Å². The normalized spacial score (nSPS) is 11.4. The van der Waals surface area contributed by atoms with Crippen LogP contribution in [0.5, 0.6) is 0 Å². The van der Waals surface area contributed by atoms with E-state index in [0.29, 0.717) is 12.1 Å². The highest BCUT2D eigenvalue weighted by Gasteiger charge is 2.16.